The van der Waals surface area contributed by atoms with Gasteiger partial charge in [-0.05, 0) is 74.5 Å². The number of carbonyl (C=O) groups is 1. The Kier molecular flexibility index (Phi) is 11.3. The Hall–Kier alpha value is -1.63. The van der Waals surface area contributed by atoms with Gasteiger partial charge in [-0.2, -0.15) is 0 Å². The van der Waals surface area contributed by atoms with Crippen molar-refractivity contribution in [2.45, 2.75) is 88.9 Å². The van der Waals surface area contributed by atoms with Crippen molar-refractivity contribution in [3.63, 3.8) is 0 Å². The highest BCUT2D eigenvalue weighted by molar-refractivity contribution is 5.68. The molecule has 1 aliphatic carbocycles. The van der Waals surface area contributed by atoms with Gasteiger partial charge < -0.3 is 24.8 Å². The normalized spacial score (nSPS) is 24.2. The molecule has 0 bridgehead atoms. The molecule has 0 heterocycles. The molecule has 1 saturated carbocycles. The summed E-state index contributed by atoms with van der Waals surface area (Å²) in [6.45, 7) is 0. The molecule has 1 fully saturated rings. The standard InChI is InChI=1S/C25H40O6/c1-30-20-14-10-18(11-15-20)9-12-19(26)13-16-22-21(23(27)17-24(22)28)7-5-3-4-6-8-25(29)31-2/h10-11,14-15,19,21-24,26-28H,3-9,12-13,16-17H2,1-2H3. The van der Waals surface area contributed by atoms with Crippen LogP contribution in [0.5, 0.6) is 5.75 Å². The SMILES string of the molecule is COC(=O)CCCCCCC1C(O)CC(O)C1CCC(O)CCc1ccc(OC)cc1. The van der Waals surface area contributed by atoms with E-state index >= 15 is 0 Å². The van der Waals surface area contributed by atoms with E-state index in [1.165, 1.54) is 12.7 Å². The third-order valence-electron chi connectivity index (χ3n) is 6.68. The first-order valence-electron chi connectivity index (χ1n) is 11.7. The van der Waals surface area contributed by atoms with Crippen molar-refractivity contribution in [2.24, 2.45) is 11.8 Å². The molecule has 0 aromatic heterocycles. The van der Waals surface area contributed by atoms with Gasteiger partial charge in [0.1, 0.15) is 5.75 Å². The molecule has 0 saturated heterocycles. The number of carbonyl (C=O) groups excluding carboxylic acids is 1. The number of aliphatic hydroxyl groups excluding tert-OH is 3. The summed E-state index contributed by atoms with van der Waals surface area (Å²) in [4.78, 5) is 11.1. The Morgan fingerprint density at radius 1 is 0.968 bits per heavy atom. The van der Waals surface area contributed by atoms with Crippen molar-refractivity contribution in [3.8, 4) is 5.75 Å². The number of hydrogen-bond acceptors (Lipinski definition) is 6. The Labute approximate surface area is 186 Å². The Morgan fingerprint density at radius 3 is 2.26 bits per heavy atom. The molecular weight excluding hydrogens is 396 g/mol. The Bertz CT molecular complexity index is 631. The van der Waals surface area contributed by atoms with Crippen molar-refractivity contribution in [1.82, 2.24) is 0 Å². The third-order valence-corrected chi connectivity index (χ3v) is 6.68. The minimum atomic E-state index is -0.492. The fraction of sp³-hybridized carbons (Fsp3) is 0.720. The molecule has 1 aliphatic rings. The van der Waals surface area contributed by atoms with E-state index in [-0.39, 0.29) is 17.8 Å². The number of aliphatic hydroxyl groups is 3. The van der Waals surface area contributed by atoms with Gasteiger partial charge in [0.15, 0.2) is 0 Å². The molecule has 6 nitrogen and oxygen atoms in total. The fourth-order valence-electron chi connectivity index (χ4n) is 4.74. The highest BCUT2D eigenvalue weighted by Crippen LogP contribution is 2.39. The van der Waals surface area contributed by atoms with Crippen molar-refractivity contribution in [1.29, 1.82) is 0 Å². The number of esters is 1. The van der Waals surface area contributed by atoms with Crippen LogP contribution in [0.1, 0.15) is 69.8 Å². The topological polar surface area (TPSA) is 96.2 Å². The van der Waals surface area contributed by atoms with Crippen LogP contribution in [0.4, 0.5) is 0 Å². The highest BCUT2D eigenvalue weighted by atomic mass is 16.5. The first-order chi connectivity index (χ1) is 14.9. The van der Waals surface area contributed by atoms with E-state index in [2.05, 4.69) is 4.74 Å². The average molecular weight is 437 g/mol. The number of methoxy groups -OCH3 is 2. The molecule has 5 unspecified atom stereocenters. The van der Waals surface area contributed by atoms with Crippen molar-refractivity contribution in [2.75, 3.05) is 14.2 Å². The van der Waals surface area contributed by atoms with E-state index < -0.39 is 18.3 Å². The van der Waals surface area contributed by atoms with Crippen LogP contribution in [0.3, 0.4) is 0 Å². The van der Waals surface area contributed by atoms with Gasteiger partial charge in [0.25, 0.3) is 0 Å². The number of rotatable bonds is 14. The van der Waals surface area contributed by atoms with Gasteiger partial charge in [-0.1, -0.05) is 31.4 Å². The molecule has 3 N–H and O–H groups in total. The second kappa shape index (κ2) is 13.7. The van der Waals surface area contributed by atoms with Gasteiger partial charge >= 0.3 is 5.97 Å². The lowest BCUT2D eigenvalue weighted by atomic mass is 9.84. The molecule has 1 aromatic rings. The zero-order chi connectivity index (χ0) is 22.6. The number of aryl methyl sites for hydroxylation is 1. The van der Waals surface area contributed by atoms with Gasteiger partial charge in [-0.15, -0.1) is 0 Å². The molecule has 0 spiro atoms. The van der Waals surface area contributed by atoms with Crippen molar-refractivity contribution >= 4 is 5.97 Å². The molecule has 176 valence electrons. The number of ether oxygens (including phenoxy) is 2. The van der Waals surface area contributed by atoms with Crippen molar-refractivity contribution in [3.05, 3.63) is 29.8 Å². The zero-order valence-electron chi connectivity index (χ0n) is 19.0. The predicted octanol–water partition coefficient (Wildman–Crippen LogP) is 3.64. The van der Waals surface area contributed by atoms with Crippen LogP contribution in [-0.2, 0) is 16.0 Å². The Morgan fingerprint density at radius 2 is 1.61 bits per heavy atom. The lowest BCUT2D eigenvalue weighted by molar-refractivity contribution is -0.140. The first-order valence-corrected chi connectivity index (χ1v) is 11.7. The van der Waals surface area contributed by atoms with E-state index in [0.29, 0.717) is 25.7 Å². The van der Waals surface area contributed by atoms with Crippen LogP contribution in [0.25, 0.3) is 0 Å². The maximum Gasteiger partial charge on any atom is 0.305 e. The molecule has 5 atom stereocenters. The molecular formula is C25H40O6. The van der Waals surface area contributed by atoms with Crippen LogP contribution in [0.2, 0.25) is 0 Å². The van der Waals surface area contributed by atoms with E-state index in [1.54, 1.807) is 7.11 Å². The largest absolute Gasteiger partial charge is 0.497 e. The van der Waals surface area contributed by atoms with Crippen LogP contribution in [0, 0.1) is 11.8 Å². The van der Waals surface area contributed by atoms with Crippen LogP contribution in [0.15, 0.2) is 24.3 Å². The highest BCUT2D eigenvalue weighted by Gasteiger charge is 2.40. The lowest BCUT2D eigenvalue weighted by Crippen LogP contribution is -2.24. The second-order valence-electron chi connectivity index (χ2n) is 8.85. The van der Waals surface area contributed by atoms with Gasteiger partial charge in [-0.3, -0.25) is 4.79 Å². The third kappa shape index (κ3) is 8.79. The molecule has 31 heavy (non-hydrogen) atoms. The average Bonchev–Trinajstić information content (AvgIpc) is 3.05. The molecule has 1 aromatic carbocycles. The Balaban J connectivity index is 1.69. The second-order valence-corrected chi connectivity index (χ2v) is 8.85. The maximum atomic E-state index is 11.1. The monoisotopic (exact) mass is 436 g/mol. The summed E-state index contributed by atoms with van der Waals surface area (Å²) in [5.74, 6) is 0.789. The molecule has 0 amide bonds. The van der Waals surface area contributed by atoms with Gasteiger partial charge in [-0.25, -0.2) is 0 Å². The van der Waals surface area contributed by atoms with Crippen LogP contribution >= 0.6 is 0 Å². The van der Waals surface area contributed by atoms with E-state index in [0.717, 1.165) is 50.7 Å². The predicted molar refractivity (Wildman–Crippen MR) is 120 cm³/mol. The summed E-state index contributed by atoms with van der Waals surface area (Å²) in [7, 11) is 3.05. The molecule has 0 radical (unpaired) electrons. The fourth-order valence-corrected chi connectivity index (χ4v) is 4.74. The van der Waals surface area contributed by atoms with Gasteiger partial charge in [0, 0.05) is 6.42 Å². The number of benzene rings is 1. The summed E-state index contributed by atoms with van der Waals surface area (Å²) in [5.41, 5.74) is 1.17. The van der Waals surface area contributed by atoms with E-state index in [9.17, 15) is 20.1 Å². The molecule has 2 rings (SSSR count). The number of unbranched alkanes of at least 4 members (excludes halogenated alkanes) is 3. The van der Waals surface area contributed by atoms with Gasteiger partial charge in [0.2, 0.25) is 0 Å². The first kappa shape index (κ1) is 25.6. The summed E-state index contributed by atoms with van der Waals surface area (Å²) in [6.07, 6.45) is 7.03. The summed E-state index contributed by atoms with van der Waals surface area (Å²) in [6, 6.07) is 7.89. The number of hydrogen-bond donors (Lipinski definition) is 3. The van der Waals surface area contributed by atoms with Gasteiger partial charge in [0.05, 0.1) is 32.5 Å². The van der Waals surface area contributed by atoms with Crippen LogP contribution < -0.4 is 4.74 Å². The summed E-state index contributed by atoms with van der Waals surface area (Å²) in [5, 5.41) is 31.3. The quantitative estimate of drug-likeness (QED) is 0.304. The van der Waals surface area contributed by atoms with E-state index in [4.69, 9.17) is 4.74 Å². The van der Waals surface area contributed by atoms with Crippen molar-refractivity contribution < 1.29 is 29.6 Å². The zero-order valence-corrected chi connectivity index (χ0v) is 19.0. The minimum Gasteiger partial charge on any atom is -0.497 e. The summed E-state index contributed by atoms with van der Waals surface area (Å²) < 4.78 is 9.82. The maximum absolute atomic E-state index is 11.1. The lowest BCUT2D eigenvalue weighted by Gasteiger charge is -2.24. The van der Waals surface area contributed by atoms with Crippen LogP contribution in [-0.4, -0.2) is 53.8 Å². The molecule has 6 heteroatoms. The summed E-state index contributed by atoms with van der Waals surface area (Å²) >= 11 is 0. The van der Waals surface area contributed by atoms with E-state index in [1.807, 2.05) is 24.3 Å². The minimum absolute atomic E-state index is 0.0423. The smallest absolute Gasteiger partial charge is 0.305 e. The molecule has 0 aliphatic heterocycles.